The van der Waals surface area contributed by atoms with Gasteiger partial charge in [0.15, 0.2) is 0 Å². The van der Waals surface area contributed by atoms with Crippen LogP contribution in [0, 0.1) is 19.7 Å². The van der Waals surface area contributed by atoms with Gasteiger partial charge in [-0.2, -0.15) is 5.10 Å². The number of aryl methyl sites for hydroxylation is 1. The number of hydrogen-bond donors (Lipinski definition) is 0. The van der Waals surface area contributed by atoms with Crippen LogP contribution in [0.1, 0.15) is 34.8 Å². The lowest BCUT2D eigenvalue weighted by Gasteiger charge is -2.06. The highest BCUT2D eigenvalue weighted by Crippen LogP contribution is 2.26. The van der Waals surface area contributed by atoms with Crippen LogP contribution >= 0.6 is 11.6 Å². The third kappa shape index (κ3) is 2.56. The summed E-state index contributed by atoms with van der Waals surface area (Å²) in [7, 11) is 0. The Hall–Kier alpha value is -1.35. The molecular formula is C14H16ClFN2. The van der Waals surface area contributed by atoms with E-state index in [2.05, 4.69) is 5.10 Å². The van der Waals surface area contributed by atoms with E-state index < -0.39 is 0 Å². The summed E-state index contributed by atoms with van der Waals surface area (Å²) < 4.78 is 14.8. The fraction of sp³-hybridized carbons (Fsp3) is 0.357. The minimum absolute atomic E-state index is 0.0491. The van der Waals surface area contributed by atoms with Crippen molar-refractivity contribution in [1.82, 2.24) is 9.78 Å². The number of rotatable bonds is 3. The van der Waals surface area contributed by atoms with Gasteiger partial charge >= 0.3 is 0 Å². The fourth-order valence-corrected chi connectivity index (χ4v) is 2.52. The molecule has 2 nitrogen and oxygen atoms in total. The maximum Gasteiger partial charge on any atom is 0.123 e. The average Bonchev–Trinajstić information content (AvgIpc) is 2.57. The number of halogens is 2. The first-order valence-corrected chi connectivity index (χ1v) is 6.35. The van der Waals surface area contributed by atoms with Crippen LogP contribution in [-0.2, 0) is 6.54 Å². The van der Waals surface area contributed by atoms with Gasteiger partial charge in [-0.15, -0.1) is 11.6 Å². The summed E-state index contributed by atoms with van der Waals surface area (Å²) in [4.78, 5) is 0. The summed E-state index contributed by atoms with van der Waals surface area (Å²) >= 11 is 6.15. The highest BCUT2D eigenvalue weighted by atomic mass is 35.5. The molecule has 0 spiro atoms. The van der Waals surface area contributed by atoms with E-state index in [-0.39, 0.29) is 11.2 Å². The van der Waals surface area contributed by atoms with Gasteiger partial charge < -0.3 is 0 Å². The molecule has 0 saturated carbocycles. The summed E-state index contributed by atoms with van der Waals surface area (Å²) in [6, 6.07) is 6.48. The molecule has 2 aromatic rings. The summed E-state index contributed by atoms with van der Waals surface area (Å²) in [6.07, 6.45) is 0. The molecule has 0 radical (unpaired) electrons. The summed E-state index contributed by atoms with van der Waals surface area (Å²) in [6.45, 7) is 6.55. The van der Waals surface area contributed by atoms with Crippen molar-refractivity contribution in [2.24, 2.45) is 0 Å². The van der Waals surface area contributed by atoms with Crippen LogP contribution in [0.15, 0.2) is 24.3 Å². The average molecular weight is 267 g/mol. The maximum atomic E-state index is 12.8. The molecule has 96 valence electrons. The van der Waals surface area contributed by atoms with Crippen molar-refractivity contribution in [2.45, 2.75) is 32.7 Å². The lowest BCUT2D eigenvalue weighted by atomic mass is 10.1. The molecule has 18 heavy (non-hydrogen) atoms. The van der Waals surface area contributed by atoms with E-state index in [1.165, 1.54) is 12.1 Å². The maximum absolute atomic E-state index is 12.8. The van der Waals surface area contributed by atoms with Crippen LogP contribution in [0.3, 0.4) is 0 Å². The highest BCUT2D eigenvalue weighted by molar-refractivity contribution is 6.20. The van der Waals surface area contributed by atoms with Gasteiger partial charge in [-0.25, -0.2) is 4.39 Å². The molecule has 0 bridgehead atoms. The van der Waals surface area contributed by atoms with E-state index in [4.69, 9.17) is 11.6 Å². The number of aromatic nitrogens is 2. The van der Waals surface area contributed by atoms with E-state index in [0.717, 1.165) is 22.5 Å². The molecule has 1 aromatic heterocycles. The Labute approximate surface area is 111 Å². The Balaban J connectivity index is 2.30. The van der Waals surface area contributed by atoms with Crippen molar-refractivity contribution in [3.05, 3.63) is 52.6 Å². The smallest absolute Gasteiger partial charge is 0.123 e. The molecule has 1 heterocycles. The van der Waals surface area contributed by atoms with E-state index >= 15 is 0 Å². The molecule has 0 amide bonds. The van der Waals surface area contributed by atoms with Crippen molar-refractivity contribution < 1.29 is 4.39 Å². The third-order valence-corrected chi connectivity index (χ3v) is 3.30. The van der Waals surface area contributed by atoms with Gasteiger partial charge in [-0.1, -0.05) is 12.1 Å². The molecule has 1 aromatic carbocycles. The zero-order valence-electron chi connectivity index (χ0n) is 10.7. The van der Waals surface area contributed by atoms with Gasteiger partial charge in [0.1, 0.15) is 5.82 Å². The first kappa shape index (κ1) is 13.1. The minimum atomic E-state index is -0.220. The summed E-state index contributed by atoms with van der Waals surface area (Å²) in [5.74, 6) is -0.220. The summed E-state index contributed by atoms with van der Waals surface area (Å²) in [5.41, 5.74) is 4.13. The second-order valence-electron chi connectivity index (χ2n) is 4.48. The van der Waals surface area contributed by atoms with Crippen LogP contribution in [-0.4, -0.2) is 9.78 Å². The van der Waals surface area contributed by atoms with Crippen LogP contribution in [0.25, 0.3) is 0 Å². The van der Waals surface area contributed by atoms with Crippen molar-refractivity contribution in [1.29, 1.82) is 0 Å². The lowest BCUT2D eigenvalue weighted by molar-refractivity contribution is 0.622. The highest BCUT2D eigenvalue weighted by Gasteiger charge is 2.15. The van der Waals surface area contributed by atoms with Crippen LogP contribution in [0.4, 0.5) is 4.39 Å². The monoisotopic (exact) mass is 266 g/mol. The molecule has 0 saturated heterocycles. The molecule has 0 N–H and O–H groups in total. The predicted molar refractivity (Wildman–Crippen MR) is 71.5 cm³/mol. The van der Waals surface area contributed by atoms with Gasteiger partial charge in [-0.3, -0.25) is 4.68 Å². The van der Waals surface area contributed by atoms with Crippen molar-refractivity contribution in [3.8, 4) is 0 Å². The molecule has 0 fully saturated rings. The second kappa shape index (κ2) is 5.11. The van der Waals surface area contributed by atoms with E-state index in [1.54, 1.807) is 12.1 Å². The normalized spacial score (nSPS) is 12.7. The Morgan fingerprint density at radius 3 is 2.39 bits per heavy atom. The quantitative estimate of drug-likeness (QED) is 0.768. The zero-order valence-corrected chi connectivity index (χ0v) is 11.5. The largest absolute Gasteiger partial charge is 0.265 e. The standard InChI is InChI=1S/C14H16ClFN2/c1-9(15)14-10(2)17-18(11(14)3)8-12-4-6-13(16)7-5-12/h4-7,9H,8H2,1-3H3. The molecular weight excluding hydrogens is 251 g/mol. The van der Waals surface area contributed by atoms with Crippen LogP contribution in [0.5, 0.6) is 0 Å². The molecule has 2 rings (SSSR count). The Morgan fingerprint density at radius 1 is 1.28 bits per heavy atom. The predicted octanol–water partition coefficient (Wildman–Crippen LogP) is 3.99. The van der Waals surface area contributed by atoms with E-state index in [1.807, 2.05) is 25.5 Å². The Morgan fingerprint density at radius 2 is 1.89 bits per heavy atom. The van der Waals surface area contributed by atoms with Gasteiger partial charge in [0.25, 0.3) is 0 Å². The number of alkyl halides is 1. The van der Waals surface area contributed by atoms with Crippen LogP contribution < -0.4 is 0 Å². The van der Waals surface area contributed by atoms with Gasteiger partial charge in [0.05, 0.1) is 17.6 Å². The van der Waals surface area contributed by atoms with Gasteiger partial charge in [0, 0.05) is 11.3 Å². The van der Waals surface area contributed by atoms with Crippen LogP contribution in [0.2, 0.25) is 0 Å². The minimum Gasteiger partial charge on any atom is -0.265 e. The summed E-state index contributed by atoms with van der Waals surface area (Å²) in [5, 5.41) is 4.44. The molecule has 0 aliphatic heterocycles. The van der Waals surface area contributed by atoms with E-state index in [0.29, 0.717) is 6.54 Å². The molecule has 0 aliphatic rings. The lowest BCUT2D eigenvalue weighted by Crippen LogP contribution is -2.04. The van der Waals surface area contributed by atoms with E-state index in [9.17, 15) is 4.39 Å². The van der Waals surface area contributed by atoms with Gasteiger partial charge in [-0.05, 0) is 38.5 Å². The number of nitrogens with zero attached hydrogens (tertiary/aromatic N) is 2. The topological polar surface area (TPSA) is 17.8 Å². The second-order valence-corrected chi connectivity index (χ2v) is 5.14. The first-order chi connectivity index (χ1) is 8.49. The first-order valence-electron chi connectivity index (χ1n) is 5.91. The van der Waals surface area contributed by atoms with Crippen molar-refractivity contribution >= 4 is 11.6 Å². The Kier molecular flexibility index (Phi) is 3.71. The molecule has 1 unspecified atom stereocenters. The molecule has 0 aliphatic carbocycles. The zero-order chi connectivity index (χ0) is 13.3. The molecule has 1 atom stereocenters. The number of hydrogen-bond acceptors (Lipinski definition) is 1. The number of benzene rings is 1. The van der Waals surface area contributed by atoms with Crippen molar-refractivity contribution in [3.63, 3.8) is 0 Å². The Bertz CT molecular complexity index is 544. The SMILES string of the molecule is Cc1nn(Cc2ccc(F)cc2)c(C)c1C(C)Cl. The molecule has 4 heteroatoms. The fourth-order valence-electron chi connectivity index (χ4n) is 2.20. The van der Waals surface area contributed by atoms with Crippen molar-refractivity contribution in [2.75, 3.05) is 0 Å². The van der Waals surface area contributed by atoms with Gasteiger partial charge in [0.2, 0.25) is 0 Å². The third-order valence-electron chi connectivity index (χ3n) is 3.08.